The molecule has 8 nitrogen and oxygen atoms in total. The van der Waals surface area contributed by atoms with Gasteiger partial charge in [-0.25, -0.2) is 8.42 Å². The fourth-order valence-electron chi connectivity index (χ4n) is 3.72. The van der Waals surface area contributed by atoms with Gasteiger partial charge in [0.25, 0.3) is 5.91 Å². The molecule has 2 aliphatic rings. The maximum atomic E-state index is 13.0. The highest BCUT2D eigenvalue weighted by Crippen LogP contribution is 2.40. The van der Waals surface area contributed by atoms with E-state index in [0.717, 1.165) is 19.1 Å². The molecule has 1 amide bonds. The van der Waals surface area contributed by atoms with Gasteiger partial charge in [0.15, 0.2) is 9.84 Å². The van der Waals surface area contributed by atoms with Crippen molar-refractivity contribution in [2.24, 2.45) is 11.7 Å². The Labute approximate surface area is 163 Å². The van der Waals surface area contributed by atoms with Crippen LogP contribution in [0.4, 0.5) is 0 Å². The number of nitrogens with zero attached hydrogens (tertiary/aromatic N) is 3. The van der Waals surface area contributed by atoms with E-state index in [4.69, 9.17) is 11.1 Å². The summed E-state index contributed by atoms with van der Waals surface area (Å²) in [6, 6.07) is 4.99. The van der Waals surface area contributed by atoms with Crippen LogP contribution in [0.5, 0.6) is 0 Å². The van der Waals surface area contributed by atoms with E-state index in [1.807, 2.05) is 13.0 Å². The molecule has 1 fully saturated rings. The molecule has 9 heteroatoms. The number of hydrogen-bond donors (Lipinski definition) is 2. The lowest BCUT2D eigenvalue weighted by atomic mass is 10.0. The quantitative estimate of drug-likeness (QED) is 0.580. The van der Waals surface area contributed by atoms with Crippen LogP contribution in [0.3, 0.4) is 0 Å². The molecule has 1 saturated carbocycles. The molecule has 1 aromatic heterocycles. The summed E-state index contributed by atoms with van der Waals surface area (Å²) in [5, 5.41) is 15.2. The molecule has 2 heterocycles. The number of amidine groups is 1. The molecule has 1 aliphatic heterocycles. The zero-order valence-corrected chi connectivity index (χ0v) is 16.5. The molecule has 1 aromatic carbocycles. The van der Waals surface area contributed by atoms with Crippen molar-refractivity contribution in [2.45, 2.75) is 37.2 Å². The predicted molar refractivity (Wildman–Crippen MR) is 104 cm³/mol. The van der Waals surface area contributed by atoms with Crippen molar-refractivity contribution in [3.05, 3.63) is 41.2 Å². The number of hydrogen-bond acceptors (Lipinski definition) is 6. The Bertz CT molecular complexity index is 1110. The van der Waals surface area contributed by atoms with Gasteiger partial charge in [-0.05, 0) is 55.0 Å². The van der Waals surface area contributed by atoms with Crippen molar-refractivity contribution in [3.8, 4) is 11.1 Å². The molecule has 146 valence electrons. The van der Waals surface area contributed by atoms with Crippen molar-refractivity contribution in [3.63, 3.8) is 0 Å². The Hall–Kier alpha value is -2.81. The molecular weight excluding hydrogens is 378 g/mol. The first-order chi connectivity index (χ1) is 13.2. The third kappa shape index (κ3) is 3.15. The highest BCUT2D eigenvalue weighted by atomic mass is 32.2. The lowest BCUT2D eigenvalue weighted by molar-refractivity contribution is 0.0694. The van der Waals surface area contributed by atoms with Crippen LogP contribution in [-0.2, 0) is 16.4 Å². The van der Waals surface area contributed by atoms with Crippen LogP contribution in [0, 0.1) is 11.3 Å². The minimum absolute atomic E-state index is 0.0247. The van der Waals surface area contributed by atoms with E-state index in [1.54, 1.807) is 11.0 Å². The fraction of sp³-hybridized carbons (Fsp3) is 0.368. The first kappa shape index (κ1) is 18.5. The Morgan fingerprint density at radius 1 is 1.29 bits per heavy atom. The lowest BCUT2D eigenvalue weighted by Gasteiger charge is -2.24. The number of carbonyl (C=O) groups excluding carboxylic acids is 1. The normalized spacial score (nSPS) is 17.5. The van der Waals surface area contributed by atoms with Gasteiger partial charge in [0.05, 0.1) is 16.7 Å². The number of sulfone groups is 1. The number of amides is 1. The summed E-state index contributed by atoms with van der Waals surface area (Å²) >= 11 is 0. The minimum atomic E-state index is -3.62. The van der Waals surface area contributed by atoms with Crippen molar-refractivity contribution >= 4 is 21.6 Å². The summed E-state index contributed by atoms with van der Waals surface area (Å²) in [5.74, 6) is 0.0408. The van der Waals surface area contributed by atoms with E-state index in [9.17, 15) is 13.2 Å². The third-order valence-electron chi connectivity index (χ3n) is 5.46. The number of nitrogen functional groups attached to an aromatic ring is 1. The van der Waals surface area contributed by atoms with Crippen LogP contribution in [0.15, 0.2) is 29.3 Å². The van der Waals surface area contributed by atoms with Gasteiger partial charge in [0, 0.05) is 24.4 Å². The van der Waals surface area contributed by atoms with E-state index < -0.39 is 9.84 Å². The van der Waals surface area contributed by atoms with Crippen LogP contribution < -0.4 is 5.73 Å². The average molecular weight is 399 g/mol. The topological polar surface area (TPSA) is 130 Å². The second kappa shape index (κ2) is 6.37. The van der Waals surface area contributed by atoms with Gasteiger partial charge in [0.2, 0.25) is 0 Å². The Balaban J connectivity index is 1.85. The minimum Gasteiger partial charge on any atom is -0.382 e. The molecule has 0 saturated heterocycles. The average Bonchev–Trinajstić information content (AvgIpc) is 3.44. The van der Waals surface area contributed by atoms with Gasteiger partial charge in [-0.2, -0.15) is 5.10 Å². The van der Waals surface area contributed by atoms with E-state index >= 15 is 0 Å². The molecule has 28 heavy (non-hydrogen) atoms. The highest BCUT2D eigenvalue weighted by molar-refractivity contribution is 7.90. The number of nitrogens with one attached hydrogen (secondary N) is 1. The standard InChI is InChI=1S/C19H21N5O3S/c1-10(11-3-4-11)24-9-14-5-12(13-6-15(18(20)21)23-22-8-13)7-16(28(2,26)27)17(14)19(24)25/h5-8,10-11H,3-4,9H2,1-2H3,(H3,20,21). The molecule has 2 aromatic rings. The maximum Gasteiger partial charge on any atom is 0.256 e. The smallest absolute Gasteiger partial charge is 0.256 e. The number of fused-ring (bicyclic) bond motifs is 1. The van der Waals surface area contributed by atoms with Gasteiger partial charge >= 0.3 is 0 Å². The van der Waals surface area contributed by atoms with E-state index in [2.05, 4.69) is 10.2 Å². The zero-order chi connectivity index (χ0) is 20.2. The molecule has 0 bridgehead atoms. The first-order valence-corrected chi connectivity index (χ1v) is 10.9. The molecular formula is C19H21N5O3S. The van der Waals surface area contributed by atoms with Gasteiger partial charge in [-0.15, -0.1) is 5.10 Å². The molecule has 0 spiro atoms. The molecule has 1 unspecified atom stereocenters. The van der Waals surface area contributed by atoms with Gasteiger partial charge in [-0.1, -0.05) is 0 Å². The van der Waals surface area contributed by atoms with Crippen molar-refractivity contribution in [1.82, 2.24) is 15.1 Å². The number of nitrogens with two attached hydrogens (primary N) is 1. The summed E-state index contributed by atoms with van der Waals surface area (Å²) < 4.78 is 24.9. The van der Waals surface area contributed by atoms with Crippen molar-refractivity contribution in [1.29, 1.82) is 5.41 Å². The molecule has 1 aliphatic carbocycles. The number of aromatic nitrogens is 2. The van der Waals surface area contributed by atoms with E-state index in [0.29, 0.717) is 29.2 Å². The monoisotopic (exact) mass is 399 g/mol. The predicted octanol–water partition coefficient (Wildman–Crippen LogP) is 1.59. The zero-order valence-electron chi connectivity index (χ0n) is 15.6. The highest BCUT2D eigenvalue weighted by Gasteiger charge is 2.40. The van der Waals surface area contributed by atoms with Crippen molar-refractivity contribution < 1.29 is 13.2 Å². The summed E-state index contributed by atoms with van der Waals surface area (Å²) in [4.78, 5) is 14.8. The van der Waals surface area contributed by atoms with E-state index in [1.165, 1.54) is 12.3 Å². The summed E-state index contributed by atoms with van der Waals surface area (Å²) in [5.41, 5.74) is 7.85. The second-order valence-electron chi connectivity index (χ2n) is 7.53. The Morgan fingerprint density at radius 2 is 2.00 bits per heavy atom. The van der Waals surface area contributed by atoms with Crippen LogP contribution in [0.2, 0.25) is 0 Å². The van der Waals surface area contributed by atoms with Crippen LogP contribution in [0.25, 0.3) is 11.1 Å². The largest absolute Gasteiger partial charge is 0.382 e. The Kier molecular flexibility index (Phi) is 4.22. The number of benzene rings is 1. The van der Waals surface area contributed by atoms with Crippen molar-refractivity contribution in [2.75, 3.05) is 6.26 Å². The fourth-order valence-corrected chi connectivity index (χ4v) is 4.65. The molecule has 3 N–H and O–H groups in total. The molecule has 0 radical (unpaired) electrons. The Morgan fingerprint density at radius 3 is 2.61 bits per heavy atom. The SMILES string of the molecule is CC(C1CC1)N1Cc2cc(-c3cnnc(C(=N)N)c3)cc(S(C)(=O)=O)c2C1=O. The van der Waals surface area contributed by atoms with Gasteiger partial charge in [-0.3, -0.25) is 10.2 Å². The van der Waals surface area contributed by atoms with Crippen LogP contribution in [-0.4, -0.2) is 47.6 Å². The third-order valence-corrected chi connectivity index (χ3v) is 6.58. The van der Waals surface area contributed by atoms with Crippen LogP contribution >= 0.6 is 0 Å². The summed E-state index contributed by atoms with van der Waals surface area (Å²) in [6.45, 7) is 2.41. The number of carbonyl (C=O) groups is 1. The first-order valence-electron chi connectivity index (χ1n) is 9.02. The second-order valence-corrected chi connectivity index (χ2v) is 9.52. The van der Waals surface area contributed by atoms with Gasteiger partial charge < -0.3 is 10.6 Å². The maximum absolute atomic E-state index is 13.0. The van der Waals surface area contributed by atoms with Crippen LogP contribution in [0.1, 0.15) is 41.4 Å². The number of rotatable bonds is 5. The van der Waals surface area contributed by atoms with Gasteiger partial charge in [0.1, 0.15) is 11.5 Å². The summed E-state index contributed by atoms with van der Waals surface area (Å²) in [6.07, 6.45) is 4.80. The molecule has 4 rings (SSSR count). The summed E-state index contributed by atoms with van der Waals surface area (Å²) in [7, 11) is -3.62. The molecule has 1 atom stereocenters. The lowest BCUT2D eigenvalue weighted by Crippen LogP contribution is -2.35. The van der Waals surface area contributed by atoms with E-state index in [-0.39, 0.29) is 33.9 Å².